The van der Waals surface area contributed by atoms with E-state index in [1.165, 1.54) is 6.20 Å². The molecule has 1 saturated carbocycles. The standard InChI is InChI=1S/C29H37F3N4O3/c1-39-24-2-3-25(34-18-24)28(38)10-4-20(5-11-28)16-21-7-13-36(19-21)27(37)22-8-14-35(15-9-22)26-17-23(6-12-33-26)29(30,31)32/h2-3,6,12,17-18,20-22,38H,4-5,7-11,13-16,19H2,1H3. The Labute approximate surface area is 227 Å². The summed E-state index contributed by atoms with van der Waals surface area (Å²) >= 11 is 0. The van der Waals surface area contributed by atoms with E-state index in [2.05, 4.69) is 9.97 Å². The number of hydrogen-bond donors (Lipinski definition) is 1. The van der Waals surface area contributed by atoms with Gasteiger partial charge in [-0.05, 0) is 87.5 Å². The van der Waals surface area contributed by atoms with Crippen LogP contribution in [0, 0.1) is 17.8 Å². The van der Waals surface area contributed by atoms with Crippen LogP contribution in [0.15, 0.2) is 36.7 Å². The van der Waals surface area contributed by atoms with Crippen molar-refractivity contribution in [3.8, 4) is 5.75 Å². The van der Waals surface area contributed by atoms with Gasteiger partial charge in [0, 0.05) is 38.3 Å². The molecule has 1 N–H and O–H groups in total. The van der Waals surface area contributed by atoms with E-state index in [0.29, 0.717) is 67.9 Å². The third kappa shape index (κ3) is 6.31. The molecular formula is C29H37F3N4O3. The Morgan fingerprint density at radius 2 is 1.79 bits per heavy atom. The number of hydrogen-bond acceptors (Lipinski definition) is 6. The van der Waals surface area contributed by atoms with Gasteiger partial charge >= 0.3 is 6.18 Å². The van der Waals surface area contributed by atoms with Crippen LogP contribution in [-0.4, -0.2) is 59.2 Å². The lowest BCUT2D eigenvalue weighted by atomic mass is 9.74. The molecule has 212 valence electrons. The fraction of sp³-hybridized carbons (Fsp3) is 0.621. The van der Waals surface area contributed by atoms with Crippen molar-refractivity contribution < 1.29 is 27.8 Å². The van der Waals surface area contributed by atoms with E-state index >= 15 is 0 Å². The highest BCUT2D eigenvalue weighted by Gasteiger charge is 2.39. The molecule has 0 aromatic carbocycles. The highest BCUT2D eigenvalue weighted by Crippen LogP contribution is 2.42. The van der Waals surface area contributed by atoms with Gasteiger partial charge in [0.15, 0.2) is 0 Å². The van der Waals surface area contributed by atoms with Crippen LogP contribution in [0.5, 0.6) is 5.75 Å². The molecule has 1 atom stereocenters. The summed E-state index contributed by atoms with van der Waals surface area (Å²) in [5, 5.41) is 11.2. The van der Waals surface area contributed by atoms with Gasteiger partial charge in [0.25, 0.3) is 0 Å². The zero-order valence-electron chi connectivity index (χ0n) is 22.4. The Balaban J connectivity index is 1.07. The van der Waals surface area contributed by atoms with Gasteiger partial charge in [0.05, 0.1) is 24.6 Å². The molecule has 1 unspecified atom stereocenters. The number of aromatic nitrogens is 2. The topological polar surface area (TPSA) is 78.8 Å². The Kier molecular flexibility index (Phi) is 8.03. The molecule has 3 aliphatic rings. The van der Waals surface area contributed by atoms with Crippen LogP contribution in [0.1, 0.15) is 62.6 Å². The number of rotatable bonds is 6. The number of likely N-dealkylation sites (tertiary alicyclic amines) is 1. The first-order valence-corrected chi connectivity index (χ1v) is 13.9. The zero-order valence-corrected chi connectivity index (χ0v) is 22.4. The zero-order chi connectivity index (χ0) is 27.6. The largest absolute Gasteiger partial charge is 0.495 e. The van der Waals surface area contributed by atoms with Crippen molar-refractivity contribution >= 4 is 11.7 Å². The summed E-state index contributed by atoms with van der Waals surface area (Å²) in [6.07, 6.45) is 5.01. The van der Waals surface area contributed by atoms with Crippen LogP contribution < -0.4 is 9.64 Å². The molecule has 3 fully saturated rings. The van der Waals surface area contributed by atoms with Gasteiger partial charge in [-0.15, -0.1) is 0 Å². The SMILES string of the molecule is COc1ccc(C2(O)CCC(CC3CCN(C(=O)C4CCN(c5cc(C(F)(F)F)ccn5)CC4)C3)CC2)nc1. The van der Waals surface area contributed by atoms with E-state index < -0.39 is 17.3 Å². The summed E-state index contributed by atoms with van der Waals surface area (Å²) < 4.78 is 44.4. The average molecular weight is 547 g/mol. The fourth-order valence-corrected chi connectivity index (χ4v) is 6.50. The number of pyridine rings is 2. The first-order chi connectivity index (χ1) is 18.6. The van der Waals surface area contributed by atoms with Crippen LogP contribution in [0.25, 0.3) is 0 Å². The second-order valence-electron chi connectivity index (χ2n) is 11.4. The molecule has 2 aromatic rings. The van der Waals surface area contributed by atoms with Crippen molar-refractivity contribution in [3.63, 3.8) is 0 Å². The number of amides is 1. The number of piperidine rings is 1. The molecule has 2 aliphatic heterocycles. The number of anilines is 1. The lowest BCUT2D eigenvalue weighted by Gasteiger charge is -2.36. The lowest BCUT2D eigenvalue weighted by Crippen LogP contribution is -2.42. The summed E-state index contributed by atoms with van der Waals surface area (Å²) in [6, 6.07) is 5.75. The molecule has 2 aromatic heterocycles. The summed E-state index contributed by atoms with van der Waals surface area (Å²) in [4.78, 5) is 25.6. The van der Waals surface area contributed by atoms with E-state index in [9.17, 15) is 23.1 Å². The fourth-order valence-electron chi connectivity index (χ4n) is 6.50. The number of carbonyl (C=O) groups excluding carboxylic acids is 1. The molecule has 4 heterocycles. The smallest absolute Gasteiger partial charge is 0.416 e. The third-order valence-corrected chi connectivity index (χ3v) is 8.89. The highest BCUT2D eigenvalue weighted by atomic mass is 19.4. The minimum atomic E-state index is -4.40. The Morgan fingerprint density at radius 3 is 2.44 bits per heavy atom. The van der Waals surface area contributed by atoms with Crippen LogP contribution in [0.3, 0.4) is 0 Å². The summed E-state index contributed by atoms with van der Waals surface area (Å²) in [5.41, 5.74) is -0.887. The molecule has 0 radical (unpaired) electrons. The first-order valence-electron chi connectivity index (χ1n) is 13.9. The van der Waals surface area contributed by atoms with Crippen LogP contribution in [0.4, 0.5) is 19.0 Å². The van der Waals surface area contributed by atoms with Crippen molar-refractivity contribution in [1.29, 1.82) is 0 Å². The Hall–Kier alpha value is -2.88. The Bertz CT molecular complexity index is 1130. The number of methoxy groups -OCH3 is 1. The first kappa shape index (κ1) is 27.7. The second kappa shape index (κ2) is 11.3. The predicted octanol–water partition coefficient (Wildman–Crippen LogP) is 5.04. The molecule has 0 bridgehead atoms. The van der Waals surface area contributed by atoms with Gasteiger partial charge in [0.2, 0.25) is 5.91 Å². The number of carbonyl (C=O) groups is 1. The van der Waals surface area contributed by atoms with Crippen molar-refractivity contribution in [2.75, 3.05) is 38.2 Å². The van der Waals surface area contributed by atoms with Gasteiger partial charge in [-0.25, -0.2) is 4.98 Å². The highest BCUT2D eigenvalue weighted by molar-refractivity contribution is 5.79. The van der Waals surface area contributed by atoms with E-state index in [1.807, 2.05) is 21.9 Å². The Morgan fingerprint density at radius 1 is 1.05 bits per heavy atom. The van der Waals surface area contributed by atoms with Gasteiger partial charge in [0.1, 0.15) is 17.2 Å². The van der Waals surface area contributed by atoms with Gasteiger partial charge in [-0.1, -0.05) is 0 Å². The normalized spacial score (nSPS) is 26.6. The molecule has 7 nitrogen and oxygen atoms in total. The monoisotopic (exact) mass is 546 g/mol. The molecular weight excluding hydrogens is 509 g/mol. The lowest BCUT2D eigenvalue weighted by molar-refractivity contribution is -0.137. The number of aliphatic hydroxyl groups is 1. The summed E-state index contributed by atoms with van der Waals surface area (Å²) in [6.45, 7) is 2.59. The molecule has 1 aliphatic carbocycles. The maximum atomic E-state index is 13.2. The van der Waals surface area contributed by atoms with Crippen molar-refractivity contribution in [2.45, 2.75) is 63.1 Å². The number of nitrogens with zero attached hydrogens (tertiary/aromatic N) is 4. The quantitative estimate of drug-likeness (QED) is 0.547. The molecule has 1 amide bonds. The van der Waals surface area contributed by atoms with Crippen LogP contribution in [-0.2, 0) is 16.6 Å². The number of alkyl halides is 3. The van der Waals surface area contributed by atoms with E-state index in [1.54, 1.807) is 13.3 Å². The van der Waals surface area contributed by atoms with E-state index in [0.717, 1.165) is 50.9 Å². The third-order valence-electron chi connectivity index (χ3n) is 8.89. The maximum Gasteiger partial charge on any atom is 0.416 e. The van der Waals surface area contributed by atoms with Crippen LogP contribution >= 0.6 is 0 Å². The summed E-state index contributed by atoms with van der Waals surface area (Å²) in [7, 11) is 1.60. The maximum absolute atomic E-state index is 13.2. The molecule has 2 saturated heterocycles. The minimum Gasteiger partial charge on any atom is -0.495 e. The van der Waals surface area contributed by atoms with Crippen molar-refractivity contribution in [3.05, 3.63) is 47.9 Å². The van der Waals surface area contributed by atoms with Crippen LogP contribution in [0.2, 0.25) is 0 Å². The van der Waals surface area contributed by atoms with Gasteiger partial charge in [-0.2, -0.15) is 13.2 Å². The number of halogens is 3. The minimum absolute atomic E-state index is 0.0903. The van der Waals surface area contributed by atoms with E-state index in [-0.39, 0.29) is 11.8 Å². The molecule has 0 spiro atoms. The van der Waals surface area contributed by atoms with Gasteiger partial charge in [-0.3, -0.25) is 9.78 Å². The van der Waals surface area contributed by atoms with Crippen molar-refractivity contribution in [2.24, 2.45) is 17.8 Å². The summed E-state index contributed by atoms with van der Waals surface area (Å²) in [5.74, 6) is 2.09. The number of ether oxygens (including phenoxy) is 1. The predicted molar refractivity (Wildman–Crippen MR) is 140 cm³/mol. The molecule has 5 rings (SSSR count). The van der Waals surface area contributed by atoms with E-state index in [4.69, 9.17) is 4.74 Å². The molecule has 39 heavy (non-hydrogen) atoms. The van der Waals surface area contributed by atoms with Crippen molar-refractivity contribution in [1.82, 2.24) is 14.9 Å². The second-order valence-corrected chi connectivity index (χ2v) is 11.4. The average Bonchev–Trinajstić information content (AvgIpc) is 3.42. The van der Waals surface area contributed by atoms with Gasteiger partial charge < -0.3 is 19.6 Å². The molecule has 10 heteroatoms.